The zero-order chi connectivity index (χ0) is 14.0. The maximum atomic E-state index is 12.3. The second-order valence-electron chi connectivity index (χ2n) is 4.69. The van der Waals surface area contributed by atoms with E-state index in [2.05, 4.69) is 15.9 Å². The van der Waals surface area contributed by atoms with Crippen molar-refractivity contribution in [2.75, 3.05) is 19.7 Å². The lowest BCUT2D eigenvalue weighted by molar-refractivity contribution is -0.0300. The predicted molar refractivity (Wildman–Crippen MR) is 75.1 cm³/mol. The average molecular weight is 329 g/mol. The Kier molecular flexibility index (Phi) is 4.44. The summed E-state index contributed by atoms with van der Waals surface area (Å²) in [5.41, 5.74) is 6.27. The molecule has 0 saturated carbocycles. The maximum Gasteiger partial charge on any atom is 0.254 e. The highest BCUT2D eigenvalue weighted by Crippen LogP contribution is 2.25. The van der Waals surface area contributed by atoms with Crippen molar-refractivity contribution in [2.45, 2.75) is 19.1 Å². The van der Waals surface area contributed by atoms with Gasteiger partial charge in [0.1, 0.15) is 5.75 Å². The summed E-state index contributed by atoms with van der Waals surface area (Å²) in [4.78, 5) is 14.0. The molecule has 6 heteroatoms. The number of ether oxygens (including phenoxy) is 1. The quantitative estimate of drug-likeness (QED) is 0.859. The minimum absolute atomic E-state index is 0.0582. The molecule has 3 N–H and O–H groups in total. The molecule has 1 fully saturated rings. The summed E-state index contributed by atoms with van der Waals surface area (Å²) in [6, 6.07) is 4.69. The van der Waals surface area contributed by atoms with E-state index >= 15 is 0 Å². The van der Waals surface area contributed by atoms with Crippen molar-refractivity contribution in [1.29, 1.82) is 0 Å². The van der Waals surface area contributed by atoms with E-state index in [1.807, 2.05) is 6.92 Å². The lowest BCUT2D eigenvalue weighted by atomic mass is 10.1. The lowest BCUT2D eigenvalue weighted by Crippen LogP contribution is -2.51. The van der Waals surface area contributed by atoms with Gasteiger partial charge in [-0.2, -0.15) is 0 Å². The van der Waals surface area contributed by atoms with E-state index in [1.54, 1.807) is 17.0 Å². The molecule has 1 aromatic rings. The Balaban J connectivity index is 2.12. The Bertz CT molecular complexity index is 479. The minimum Gasteiger partial charge on any atom is -0.507 e. The molecule has 1 aliphatic heterocycles. The Morgan fingerprint density at radius 3 is 3.00 bits per heavy atom. The molecule has 0 aliphatic carbocycles. The van der Waals surface area contributed by atoms with Crippen LogP contribution in [-0.4, -0.2) is 47.8 Å². The molecule has 0 spiro atoms. The summed E-state index contributed by atoms with van der Waals surface area (Å²) in [5.74, 6) is -0.0559. The molecular formula is C13H17BrN2O3. The molecule has 1 aliphatic rings. The fourth-order valence-electron chi connectivity index (χ4n) is 2.01. The van der Waals surface area contributed by atoms with E-state index in [0.717, 1.165) is 0 Å². The van der Waals surface area contributed by atoms with Crippen LogP contribution in [0.1, 0.15) is 17.3 Å². The number of halogens is 1. The fraction of sp³-hybridized carbons (Fsp3) is 0.462. The summed E-state index contributed by atoms with van der Waals surface area (Å²) in [6.07, 6.45) is -0.137. The van der Waals surface area contributed by atoms with Crippen LogP contribution in [0.15, 0.2) is 22.7 Å². The van der Waals surface area contributed by atoms with Gasteiger partial charge in [0.2, 0.25) is 0 Å². The smallest absolute Gasteiger partial charge is 0.254 e. The van der Waals surface area contributed by atoms with Gasteiger partial charge in [0.05, 0.1) is 17.2 Å². The summed E-state index contributed by atoms with van der Waals surface area (Å²) in [7, 11) is 0. The molecule has 1 saturated heterocycles. The first-order valence-electron chi connectivity index (χ1n) is 6.14. The third-order valence-electron chi connectivity index (χ3n) is 3.16. The standard InChI is InChI=1S/C13H17BrN2O3/c1-8(15)12-7-16(4-5-19-12)13(18)9-2-3-10(14)11(17)6-9/h2-3,6,8,12,17H,4-5,7,15H2,1H3. The van der Waals surface area contributed by atoms with Crippen LogP contribution in [0.2, 0.25) is 0 Å². The molecule has 1 heterocycles. The molecule has 5 nitrogen and oxygen atoms in total. The molecule has 2 atom stereocenters. The van der Waals surface area contributed by atoms with Crippen molar-refractivity contribution in [3.05, 3.63) is 28.2 Å². The van der Waals surface area contributed by atoms with Gasteiger partial charge < -0.3 is 20.5 Å². The molecule has 0 aromatic heterocycles. The largest absolute Gasteiger partial charge is 0.507 e. The maximum absolute atomic E-state index is 12.3. The van der Waals surface area contributed by atoms with Crippen LogP contribution < -0.4 is 5.73 Å². The van der Waals surface area contributed by atoms with Crippen molar-refractivity contribution >= 4 is 21.8 Å². The van der Waals surface area contributed by atoms with Gasteiger partial charge in [0, 0.05) is 24.7 Å². The van der Waals surface area contributed by atoms with Crippen molar-refractivity contribution in [3.63, 3.8) is 0 Å². The number of nitrogens with two attached hydrogens (primary N) is 1. The van der Waals surface area contributed by atoms with E-state index in [4.69, 9.17) is 10.5 Å². The van der Waals surface area contributed by atoms with Gasteiger partial charge in [-0.1, -0.05) is 0 Å². The first-order chi connectivity index (χ1) is 8.99. The molecule has 1 aromatic carbocycles. The van der Waals surface area contributed by atoms with E-state index in [1.165, 1.54) is 6.07 Å². The zero-order valence-corrected chi connectivity index (χ0v) is 12.3. The highest BCUT2D eigenvalue weighted by atomic mass is 79.9. The van der Waals surface area contributed by atoms with Gasteiger partial charge in [0.25, 0.3) is 5.91 Å². The Hall–Kier alpha value is -1.11. The molecule has 19 heavy (non-hydrogen) atoms. The predicted octanol–water partition coefficient (Wildman–Crippen LogP) is 1.34. The van der Waals surface area contributed by atoms with Crippen molar-refractivity contribution in [2.24, 2.45) is 5.73 Å². The number of aromatic hydroxyl groups is 1. The third-order valence-corrected chi connectivity index (χ3v) is 3.83. The summed E-state index contributed by atoms with van der Waals surface area (Å²) < 4.78 is 6.09. The number of phenolic OH excluding ortho intramolecular Hbond substituents is 1. The van der Waals surface area contributed by atoms with Crippen LogP contribution in [0, 0.1) is 0 Å². The number of carbonyl (C=O) groups is 1. The van der Waals surface area contributed by atoms with Crippen LogP contribution >= 0.6 is 15.9 Å². The Morgan fingerprint density at radius 2 is 2.37 bits per heavy atom. The van der Waals surface area contributed by atoms with E-state index in [0.29, 0.717) is 29.7 Å². The molecule has 2 unspecified atom stereocenters. The van der Waals surface area contributed by atoms with Crippen LogP contribution in [0.5, 0.6) is 5.75 Å². The lowest BCUT2D eigenvalue weighted by Gasteiger charge is -2.34. The second-order valence-corrected chi connectivity index (χ2v) is 5.54. The van der Waals surface area contributed by atoms with E-state index in [-0.39, 0.29) is 23.8 Å². The average Bonchev–Trinajstić information content (AvgIpc) is 2.41. The van der Waals surface area contributed by atoms with Crippen molar-refractivity contribution in [3.8, 4) is 5.75 Å². The van der Waals surface area contributed by atoms with Gasteiger partial charge >= 0.3 is 0 Å². The highest BCUT2D eigenvalue weighted by molar-refractivity contribution is 9.10. The number of nitrogens with zero attached hydrogens (tertiary/aromatic N) is 1. The Morgan fingerprint density at radius 1 is 1.63 bits per heavy atom. The number of carbonyl (C=O) groups excluding carboxylic acids is 1. The SMILES string of the molecule is CC(N)C1CN(C(=O)c2ccc(Br)c(O)c2)CCO1. The number of morpholine rings is 1. The van der Waals surface area contributed by atoms with Gasteiger partial charge in [-0.3, -0.25) is 4.79 Å². The molecule has 0 bridgehead atoms. The van der Waals surface area contributed by atoms with Gasteiger partial charge in [0.15, 0.2) is 0 Å². The molecule has 1 amide bonds. The zero-order valence-electron chi connectivity index (χ0n) is 10.7. The number of amides is 1. The highest BCUT2D eigenvalue weighted by Gasteiger charge is 2.27. The van der Waals surface area contributed by atoms with E-state index in [9.17, 15) is 9.90 Å². The number of rotatable bonds is 2. The summed E-state index contributed by atoms with van der Waals surface area (Å²) in [6.45, 7) is 3.37. The van der Waals surface area contributed by atoms with E-state index < -0.39 is 0 Å². The summed E-state index contributed by atoms with van der Waals surface area (Å²) in [5, 5.41) is 9.63. The molecular weight excluding hydrogens is 312 g/mol. The fourth-order valence-corrected chi connectivity index (χ4v) is 2.25. The number of hydrogen-bond donors (Lipinski definition) is 2. The third kappa shape index (κ3) is 3.26. The van der Waals surface area contributed by atoms with Crippen LogP contribution in [0.3, 0.4) is 0 Å². The van der Waals surface area contributed by atoms with Crippen LogP contribution in [0.4, 0.5) is 0 Å². The van der Waals surface area contributed by atoms with Crippen molar-refractivity contribution < 1.29 is 14.6 Å². The van der Waals surface area contributed by atoms with Gasteiger partial charge in [-0.05, 0) is 41.1 Å². The molecule has 104 valence electrons. The van der Waals surface area contributed by atoms with Crippen LogP contribution in [-0.2, 0) is 4.74 Å². The monoisotopic (exact) mass is 328 g/mol. The van der Waals surface area contributed by atoms with Gasteiger partial charge in [-0.25, -0.2) is 0 Å². The number of hydrogen-bond acceptors (Lipinski definition) is 4. The van der Waals surface area contributed by atoms with Crippen molar-refractivity contribution in [1.82, 2.24) is 4.90 Å². The number of benzene rings is 1. The second kappa shape index (κ2) is 5.90. The number of phenols is 1. The minimum atomic E-state index is -0.137. The normalized spacial score (nSPS) is 21.2. The summed E-state index contributed by atoms with van der Waals surface area (Å²) >= 11 is 3.19. The van der Waals surface area contributed by atoms with Crippen LogP contribution in [0.25, 0.3) is 0 Å². The molecule has 2 rings (SSSR count). The first-order valence-corrected chi connectivity index (χ1v) is 6.93. The topological polar surface area (TPSA) is 75.8 Å². The first kappa shape index (κ1) is 14.3. The Labute approximate surface area is 120 Å². The van der Waals surface area contributed by atoms with Gasteiger partial charge in [-0.15, -0.1) is 0 Å². The molecule has 0 radical (unpaired) electrons.